The van der Waals surface area contributed by atoms with Crippen LogP contribution >= 0.6 is 0 Å². The topological polar surface area (TPSA) is 95.8 Å². The molecule has 0 radical (unpaired) electrons. The van der Waals surface area contributed by atoms with E-state index in [1.54, 1.807) is 0 Å². The SMILES string of the molecule is OCCN(CCO)CCN(CCO)Cc1nc2ccccc2[nH]1. The average Bonchev–Trinajstić information content (AvgIpc) is 2.95. The number of aromatic amines is 1. The van der Waals surface area contributed by atoms with Gasteiger partial charge in [-0.05, 0) is 12.1 Å². The molecule has 0 saturated heterocycles. The molecule has 7 nitrogen and oxygen atoms in total. The molecule has 0 fully saturated rings. The molecule has 0 bridgehead atoms. The van der Waals surface area contributed by atoms with Crippen molar-refractivity contribution < 1.29 is 15.3 Å². The fraction of sp³-hybridized carbons (Fsp3) is 0.562. The van der Waals surface area contributed by atoms with E-state index in [1.165, 1.54) is 0 Å². The number of rotatable bonds is 11. The van der Waals surface area contributed by atoms with Gasteiger partial charge in [0, 0.05) is 32.7 Å². The molecule has 23 heavy (non-hydrogen) atoms. The number of aliphatic hydroxyl groups excluding tert-OH is 3. The third-order valence-corrected chi connectivity index (χ3v) is 3.79. The van der Waals surface area contributed by atoms with Gasteiger partial charge in [0.1, 0.15) is 5.82 Å². The minimum absolute atomic E-state index is 0.0730. The number of hydrogen-bond donors (Lipinski definition) is 4. The van der Waals surface area contributed by atoms with Crippen LogP contribution in [0.3, 0.4) is 0 Å². The second kappa shape index (κ2) is 9.59. The summed E-state index contributed by atoms with van der Waals surface area (Å²) in [6.45, 7) is 3.95. The maximum atomic E-state index is 9.26. The van der Waals surface area contributed by atoms with Gasteiger partial charge < -0.3 is 20.3 Å². The first-order valence-corrected chi connectivity index (χ1v) is 7.97. The van der Waals surface area contributed by atoms with Gasteiger partial charge in [-0.3, -0.25) is 9.80 Å². The Bertz CT molecular complexity index is 536. The molecule has 1 aromatic heterocycles. The number of fused-ring (bicyclic) bond motifs is 1. The lowest BCUT2D eigenvalue weighted by Crippen LogP contribution is -2.39. The van der Waals surface area contributed by atoms with Crippen molar-refractivity contribution in [2.24, 2.45) is 0 Å². The molecule has 0 aliphatic rings. The third kappa shape index (κ3) is 5.56. The van der Waals surface area contributed by atoms with Crippen LogP contribution in [-0.4, -0.2) is 87.6 Å². The van der Waals surface area contributed by atoms with Crippen LogP contribution in [0.15, 0.2) is 24.3 Å². The summed E-state index contributed by atoms with van der Waals surface area (Å²) < 4.78 is 0. The molecule has 7 heteroatoms. The molecule has 1 heterocycles. The van der Waals surface area contributed by atoms with Crippen LogP contribution in [0.4, 0.5) is 0 Å². The number of nitrogens with one attached hydrogen (secondary N) is 1. The van der Waals surface area contributed by atoms with Crippen molar-refractivity contribution >= 4 is 11.0 Å². The zero-order chi connectivity index (χ0) is 16.5. The van der Waals surface area contributed by atoms with Crippen molar-refractivity contribution in [3.05, 3.63) is 30.1 Å². The highest BCUT2D eigenvalue weighted by Crippen LogP contribution is 2.11. The molecule has 0 atom stereocenters. The summed E-state index contributed by atoms with van der Waals surface area (Å²) in [5.74, 6) is 0.871. The Morgan fingerprint density at radius 1 is 0.826 bits per heavy atom. The number of para-hydroxylation sites is 2. The molecule has 0 aliphatic carbocycles. The van der Waals surface area contributed by atoms with Crippen molar-refractivity contribution in [3.63, 3.8) is 0 Å². The Hall–Kier alpha value is -1.51. The Labute approximate surface area is 136 Å². The molecule has 128 valence electrons. The molecule has 0 amide bonds. The Morgan fingerprint density at radius 3 is 2.09 bits per heavy atom. The third-order valence-electron chi connectivity index (χ3n) is 3.79. The van der Waals surface area contributed by atoms with Gasteiger partial charge in [0.15, 0.2) is 0 Å². The van der Waals surface area contributed by atoms with Gasteiger partial charge in [-0.25, -0.2) is 4.98 Å². The van der Waals surface area contributed by atoms with Gasteiger partial charge in [0.2, 0.25) is 0 Å². The molecule has 0 saturated carbocycles. The van der Waals surface area contributed by atoms with Crippen molar-refractivity contribution in [2.45, 2.75) is 6.54 Å². The zero-order valence-corrected chi connectivity index (χ0v) is 13.4. The van der Waals surface area contributed by atoms with E-state index in [-0.39, 0.29) is 19.8 Å². The molecule has 2 aromatic rings. The first-order chi connectivity index (χ1) is 11.3. The maximum Gasteiger partial charge on any atom is 0.121 e. The first-order valence-electron chi connectivity index (χ1n) is 7.97. The molecule has 0 spiro atoms. The van der Waals surface area contributed by atoms with Crippen molar-refractivity contribution in [1.29, 1.82) is 0 Å². The predicted molar refractivity (Wildman–Crippen MR) is 89.1 cm³/mol. The second-order valence-corrected chi connectivity index (χ2v) is 5.49. The monoisotopic (exact) mass is 322 g/mol. The normalized spacial score (nSPS) is 11.9. The van der Waals surface area contributed by atoms with E-state index in [4.69, 9.17) is 10.2 Å². The van der Waals surface area contributed by atoms with Gasteiger partial charge in [-0.2, -0.15) is 0 Å². The van der Waals surface area contributed by atoms with Crippen LogP contribution in [0.1, 0.15) is 5.82 Å². The van der Waals surface area contributed by atoms with Crippen molar-refractivity contribution in [1.82, 2.24) is 19.8 Å². The highest BCUT2D eigenvalue weighted by Gasteiger charge is 2.11. The highest BCUT2D eigenvalue weighted by molar-refractivity contribution is 5.74. The van der Waals surface area contributed by atoms with E-state index in [0.717, 1.165) is 29.9 Å². The van der Waals surface area contributed by atoms with Crippen molar-refractivity contribution in [3.8, 4) is 0 Å². The summed E-state index contributed by atoms with van der Waals surface area (Å²) in [6, 6.07) is 7.89. The number of aromatic nitrogens is 2. The number of H-pyrrole nitrogens is 1. The molecular formula is C16H26N4O3. The van der Waals surface area contributed by atoms with Crippen LogP contribution in [0.5, 0.6) is 0 Å². The number of hydrogen-bond acceptors (Lipinski definition) is 6. The minimum atomic E-state index is 0.0730. The van der Waals surface area contributed by atoms with E-state index in [0.29, 0.717) is 26.2 Å². The summed E-state index contributed by atoms with van der Waals surface area (Å²) >= 11 is 0. The second-order valence-electron chi connectivity index (χ2n) is 5.49. The summed E-state index contributed by atoms with van der Waals surface area (Å²) in [7, 11) is 0. The van der Waals surface area contributed by atoms with Crippen LogP contribution in [0, 0.1) is 0 Å². The molecular weight excluding hydrogens is 296 g/mol. The minimum Gasteiger partial charge on any atom is -0.395 e. The number of aliphatic hydroxyl groups is 3. The number of nitrogens with zero attached hydrogens (tertiary/aromatic N) is 3. The maximum absolute atomic E-state index is 9.26. The van der Waals surface area contributed by atoms with E-state index < -0.39 is 0 Å². The lowest BCUT2D eigenvalue weighted by Gasteiger charge is -2.25. The Balaban J connectivity index is 1.94. The number of imidazole rings is 1. The zero-order valence-electron chi connectivity index (χ0n) is 13.4. The summed E-state index contributed by atoms with van der Waals surface area (Å²) in [5, 5.41) is 27.4. The molecule has 0 aliphatic heterocycles. The fourth-order valence-corrected chi connectivity index (χ4v) is 2.60. The standard InChI is InChI=1S/C16H26N4O3/c21-10-7-19(8-11-22)5-6-20(9-12-23)13-16-17-14-3-1-2-4-15(14)18-16/h1-4,21-23H,5-13H2,(H,17,18). The summed E-state index contributed by atoms with van der Waals surface area (Å²) in [4.78, 5) is 12.0. The largest absolute Gasteiger partial charge is 0.395 e. The van der Waals surface area contributed by atoms with E-state index in [9.17, 15) is 5.11 Å². The molecule has 0 unspecified atom stereocenters. The lowest BCUT2D eigenvalue weighted by atomic mass is 10.3. The van der Waals surface area contributed by atoms with E-state index >= 15 is 0 Å². The fourth-order valence-electron chi connectivity index (χ4n) is 2.60. The Morgan fingerprint density at radius 2 is 1.43 bits per heavy atom. The first kappa shape index (κ1) is 17.8. The van der Waals surface area contributed by atoms with Crippen LogP contribution in [0.25, 0.3) is 11.0 Å². The molecule has 1 aromatic carbocycles. The number of benzene rings is 1. The van der Waals surface area contributed by atoms with Crippen LogP contribution < -0.4 is 0 Å². The van der Waals surface area contributed by atoms with E-state index in [1.807, 2.05) is 29.2 Å². The average molecular weight is 322 g/mol. The van der Waals surface area contributed by atoms with Crippen molar-refractivity contribution in [2.75, 3.05) is 52.5 Å². The Kier molecular flexibility index (Phi) is 7.44. The van der Waals surface area contributed by atoms with Gasteiger partial charge >= 0.3 is 0 Å². The summed E-state index contributed by atoms with van der Waals surface area (Å²) in [5.41, 5.74) is 1.95. The van der Waals surface area contributed by atoms with E-state index in [2.05, 4.69) is 14.9 Å². The van der Waals surface area contributed by atoms with Crippen LogP contribution in [0.2, 0.25) is 0 Å². The van der Waals surface area contributed by atoms with Gasteiger partial charge in [-0.1, -0.05) is 12.1 Å². The smallest absolute Gasteiger partial charge is 0.121 e. The lowest BCUT2D eigenvalue weighted by molar-refractivity contribution is 0.129. The highest BCUT2D eigenvalue weighted by atomic mass is 16.3. The molecule has 2 rings (SSSR count). The predicted octanol–water partition coefficient (Wildman–Crippen LogP) is -0.356. The van der Waals surface area contributed by atoms with Gasteiger partial charge in [0.05, 0.1) is 37.4 Å². The van der Waals surface area contributed by atoms with Gasteiger partial charge in [0.25, 0.3) is 0 Å². The quantitative estimate of drug-likeness (QED) is 0.451. The van der Waals surface area contributed by atoms with Gasteiger partial charge in [-0.15, -0.1) is 0 Å². The summed E-state index contributed by atoms with van der Waals surface area (Å²) in [6.07, 6.45) is 0. The van der Waals surface area contributed by atoms with Crippen LogP contribution in [-0.2, 0) is 6.54 Å². The molecule has 4 N–H and O–H groups in total.